The van der Waals surface area contributed by atoms with Crippen LogP contribution >= 0.6 is 0 Å². The summed E-state index contributed by atoms with van der Waals surface area (Å²) in [4.78, 5) is 11.3. The first-order valence-electron chi connectivity index (χ1n) is 10.2. The van der Waals surface area contributed by atoms with E-state index in [4.69, 9.17) is 5.73 Å². The predicted octanol–water partition coefficient (Wildman–Crippen LogP) is 2.26. The van der Waals surface area contributed by atoms with E-state index >= 15 is 0 Å². The number of hydrogen-bond donors (Lipinski definition) is 2. The van der Waals surface area contributed by atoms with Crippen molar-refractivity contribution in [3.63, 3.8) is 0 Å². The van der Waals surface area contributed by atoms with Crippen LogP contribution in [0.4, 0.5) is 16.2 Å². The van der Waals surface area contributed by atoms with Crippen LogP contribution in [0.5, 0.6) is 0 Å². The van der Waals surface area contributed by atoms with Crippen molar-refractivity contribution in [2.45, 2.75) is 32.0 Å². The number of hydrogen-bond acceptors (Lipinski definition) is 7. The molecule has 10 heteroatoms. The number of likely N-dealkylation sites (tertiary alicyclic amines) is 1. The summed E-state index contributed by atoms with van der Waals surface area (Å²) in [7, 11) is 0. The Bertz CT molecular complexity index is 1170. The number of nitrogen functional groups attached to an aromatic ring is 1. The number of fused-ring (bicyclic) bond motifs is 2. The van der Waals surface area contributed by atoms with Crippen LogP contribution in [0.2, 0.25) is 0 Å². The second-order valence-electron chi connectivity index (χ2n) is 7.79. The predicted molar refractivity (Wildman–Crippen MR) is 113 cm³/mol. The van der Waals surface area contributed by atoms with Gasteiger partial charge in [-0.1, -0.05) is 0 Å². The van der Waals surface area contributed by atoms with Gasteiger partial charge in [0, 0.05) is 49.7 Å². The van der Waals surface area contributed by atoms with Crippen LogP contribution in [-0.4, -0.2) is 65.9 Å². The Morgan fingerprint density at radius 2 is 1.97 bits per heavy atom. The number of nitrogens with zero attached hydrogens (tertiary/aromatic N) is 7. The van der Waals surface area contributed by atoms with E-state index in [9.17, 15) is 4.39 Å². The molecule has 5 heterocycles. The lowest BCUT2D eigenvalue weighted by Gasteiger charge is -2.32. The fraction of sp³-hybridized carbons (Fsp3) is 0.400. The molecule has 5 rings (SSSR count). The van der Waals surface area contributed by atoms with Crippen LogP contribution in [0.1, 0.15) is 19.8 Å². The van der Waals surface area contributed by atoms with Crippen molar-refractivity contribution in [1.82, 2.24) is 34.1 Å². The number of nitrogens with two attached hydrogens (primary N) is 1. The maximum Gasteiger partial charge on any atom is 0.243 e. The molecule has 0 amide bonds. The molecule has 0 aliphatic carbocycles. The Labute approximate surface area is 172 Å². The van der Waals surface area contributed by atoms with Crippen LogP contribution in [0.15, 0.2) is 36.8 Å². The first-order chi connectivity index (χ1) is 14.6. The van der Waals surface area contributed by atoms with Crippen molar-refractivity contribution in [2.24, 2.45) is 0 Å². The maximum absolute atomic E-state index is 13.2. The lowest BCUT2D eigenvalue weighted by Crippen LogP contribution is -2.41. The molecule has 0 spiro atoms. The van der Waals surface area contributed by atoms with Crippen LogP contribution in [0.3, 0.4) is 0 Å². The molecule has 1 atom stereocenters. The van der Waals surface area contributed by atoms with E-state index < -0.39 is 6.17 Å². The van der Waals surface area contributed by atoms with Crippen LogP contribution in [0.25, 0.3) is 22.4 Å². The first-order valence-corrected chi connectivity index (χ1v) is 10.2. The lowest BCUT2D eigenvalue weighted by molar-refractivity contribution is 0.169. The number of rotatable bonds is 5. The fourth-order valence-electron chi connectivity index (χ4n) is 4.08. The molecule has 1 aliphatic rings. The van der Waals surface area contributed by atoms with Gasteiger partial charge < -0.3 is 16.0 Å². The zero-order chi connectivity index (χ0) is 20.7. The number of anilines is 2. The molecule has 4 aromatic heterocycles. The Morgan fingerprint density at radius 1 is 1.17 bits per heavy atom. The highest BCUT2D eigenvalue weighted by Gasteiger charge is 2.22. The van der Waals surface area contributed by atoms with Gasteiger partial charge in [-0.2, -0.15) is 10.1 Å². The monoisotopic (exact) mass is 409 g/mol. The number of aromatic nitrogens is 6. The molecule has 0 saturated carbocycles. The molecule has 0 aromatic carbocycles. The van der Waals surface area contributed by atoms with E-state index in [0.29, 0.717) is 18.3 Å². The van der Waals surface area contributed by atoms with Crippen LogP contribution < -0.4 is 11.1 Å². The normalized spacial score (nSPS) is 17.0. The van der Waals surface area contributed by atoms with E-state index in [-0.39, 0.29) is 6.04 Å². The number of alkyl halides is 1. The average molecular weight is 409 g/mol. The summed E-state index contributed by atoms with van der Waals surface area (Å²) >= 11 is 0. The summed E-state index contributed by atoms with van der Waals surface area (Å²) in [5, 5.41) is 12.2. The zero-order valence-electron chi connectivity index (χ0n) is 16.7. The minimum Gasteiger partial charge on any atom is -0.382 e. The third-order valence-electron chi connectivity index (χ3n) is 5.50. The van der Waals surface area contributed by atoms with Crippen molar-refractivity contribution < 1.29 is 4.39 Å². The standard InChI is InChI=1S/C20H24FN9/c1-13(21)12-28-8-3-14(4-9-28)24-20-26-19(22)18-15(5-10-30(18)27-20)16-6-11-29-17(25-16)2-7-23-29/h2,5-7,10-11,13-14H,3-4,8-9,12H2,1H3,(H3,22,24,26,27). The van der Waals surface area contributed by atoms with E-state index in [0.717, 1.165) is 48.4 Å². The maximum atomic E-state index is 13.2. The quantitative estimate of drug-likeness (QED) is 0.521. The van der Waals surface area contributed by atoms with E-state index in [1.54, 1.807) is 22.2 Å². The summed E-state index contributed by atoms with van der Waals surface area (Å²) in [6.45, 7) is 3.82. The molecule has 0 radical (unpaired) electrons. The molecule has 30 heavy (non-hydrogen) atoms. The second-order valence-corrected chi connectivity index (χ2v) is 7.79. The molecular weight excluding hydrogens is 385 g/mol. The zero-order valence-corrected chi connectivity index (χ0v) is 16.7. The highest BCUT2D eigenvalue weighted by atomic mass is 19.1. The number of piperidine rings is 1. The van der Waals surface area contributed by atoms with E-state index in [1.165, 1.54) is 0 Å². The lowest BCUT2D eigenvalue weighted by atomic mass is 10.1. The molecule has 1 saturated heterocycles. The molecule has 156 valence electrons. The van der Waals surface area contributed by atoms with Gasteiger partial charge in [0.1, 0.15) is 11.7 Å². The minimum absolute atomic E-state index is 0.244. The summed E-state index contributed by atoms with van der Waals surface area (Å²) in [6.07, 6.45) is 6.47. The van der Waals surface area contributed by atoms with Gasteiger partial charge >= 0.3 is 0 Å². The Kier molecular flexibility index (Phi) is 4.70. The van der Waals surface area contributed by atoms with Gasteiger partial charge in [0.25, 0.3) is 0 Å². The van der Waals surface area contributed by atoms with Gasteiger partial charge in [0.05, 0.1) is 11.9 Å². The highest BCUT2D eigenvalue weighted by Crippen LogP contribution is 2.28. The highest BCUT2D eigenvalue weighted by molar-refractivity contribution is 5.86. The smallest absolute Gasteiger partial charge is 0.243 e. The van der Waals surface area contributed by atoms with E-state index in [1.807, 2.05) is 30.6 Å². The summed E-state index contributed by atoms with van der Waals surface area (Å²) in [6, 6.07) is 5.93. The van der Waals surface area contributed by atoms with Gasteiger partial charge in [-0.05, 0) is 31.9 Å². The van der Waals surface area contributed by atoms with Crippen molar-refractivity contribution in [3.05, 3.63) is 36.8 Å². The molecule has 1 fully saturated rings. The molecule has 3 N–H and O–H groups in total. The van der Waals surface area contributed by atoms with Gasteiger partial charge in [-0.25, -0.2) is 18.4 Å². The molecular formula is C20H24FN9. The number of halogens is 1. The third-order valence-corrected chi connectivity index (χ3v) is 5.50. The van der Waals surface area contributed by atoms with Crippen molar-refractivity contribution in [3.8, 4) is 11.3 Å². The molecule has 9 nitrogen and oxygen atoms in total. The summed E-state index contributed by atoms with van der Waals surface area (Å²) in [5.74, 6) is 0.894. The molecule has 4 aromatic rings. The van der Waals surface area contributed by atoms with Crippen molar-refractivity contribution in [1.29, 1.82) is 0 Å². The van der Waals surface area contributed by atoms with Gasteiger partial charge in [0.2, 0.25) is 5.95 Å². The summed E-state index contributed by atoms with van der Waals surface area (Å²) < 4.78 is 16.7. The van der Waals surface area contributed by atoms with E-state index in [2.05, 4.69) is 30.4 Å². The Balaban J connectivity index is 1.36. The Morgan fingerprint density at radius 3 is 2.77 bits per heavy atom. The van der Waals surface area contributed by atoms with Gasteiger partial charge in [0.15, 0.2) is 11.5 Å². The average Bonchev–Trinajstić information content (AvgIpc) is 3.35. The molecule has 0 bridgehead atoms. The topological polar surface area (TPSA) is 102 Å². The van der Waals surface area contributed by atoms with Crippen LogP contribution in [0, 0.1) is 0 Å². The fourth-order valence-corrected chi connectivity index (χ4v) is 4.08. The molecule has 1 aliphatic heterocycles. The largest absolute Gasteiger partial charge is 0.382 e. The van der Waals surface area contributed by atoms with Crippen LogP contribution in [-0.2, 0) is 0 Å². The third kappa shape index (κ3) is 3.54. The molecule has 1 unspecified atom stereocenters. The SMILES string of the molecule is CC(F)CN1CCC(Nc2nc(N)c3c(-c4ccn5nccc5n4)ccn3n2)CC1. The van der Waals surface area contributed by atoms with Gasteiger partial charge in [-0.15, -0.1) is 5.10 Å². The summed E-state index contributed by atoms with van der Waals surface area (Å²) in [5.41, 5.74) is 9.45. The van der Waals surface area contributed by atoms with Crippen molar-refractivity contribution in [2.75, 3.05) is 30.7 Å². The van der Waals surface area contributed by atoms with Gasteiger partial charge in [-0.3, -0.25) is 0 Å². The van der Waals surface area contributed by atoms with Crippen molar-refractivity contribution >= 4 is 22.9 Å². The first kappa shape index (κ1) is 18.7. The minimum atomic E-state index is -0.799. The Hall–Kier alpha value is -3.27. The second kappa shape index (κ2) is 7.52. The number of nitrogens with one attached hydrogen (secondary N) is 1.